The summed E-state index contributed by atoms with van der Waals surface area (Å²) in [5.74, 6) is -0.303. The quantitative estimate of drug-likeness (QED) is 0.788. The summed E-state index contributed by atoms with van der Waals surface area (Å²) in [6.45, 7) is 5.74. The van der Waals surface area contributed by atoms with E-state index in [1.54, 1.807) is 33.9 Å². The Morgan fingerprint density at radius 2 is 2.18 bits per heavy atom. The average molecular weight is 232 g/mol. The van der Waals surface area contributed by atoms with Gasteiger partial charge in [-0.25, -0.2) is 0 Å². The van der Waals surface area contributed by atoms with Gasteiger partial charge < -0.3 is 4.90 Å². The molecule has 90 valence electrons. The zero-order chi connectivity index (χ0) is 13.0. The number of nitriles is 1. The highest BCUT2D eigenvalue weighted by Crippen LogP contribution is 2.09. The van der Waals surface area contributed by atoms with Gasteiger partial charge in [-0.3, -0.25) is 4.79 Å². The first-order valence-electron chi connectivity index (χ1n) is 5.41. The zero-order valence-corrected chi connectivity index (χ0v) is 10.6. The first kappa shape index (κ1) is 13.1. The second-order valence-corrected chi connectivity index (χ2v) is 4.20. The fourth-order valence-electron chi connectivity index (χ4n) is 1.51. The minimum absolute atomic E-state index is 0.123. The first-order chi connectivity index (χ1) is 7.95. The van der Waals surface area contributed by atoms with Crippen LogP contribution in [-0.4, -0.2) is 34.6 Å². The molecule has 0 aliphatic heterocycles. The van der Waals surface area contributed by atoms with Crippen molar-refractivity contribution in [1.29, 1.82) is 5.26 Å². The van der Waals surface area contributed by atoms with Crippen LogP contribution in [0, 0.1) is 31.1 Å². The van der Waals surface area contributed by atoms with E-state index < -0.39 is 0 Å². The monoisotopic (exact) mass is 232 g/mol. The van der Waals surface area contributed by atoms with Gasteiger partial charge in [0.15, 0.2) is 0 Å². The Kier molecular flexibility index (Phi) is 4.16. The molecule has 0 saturated carbocycles. The van der Waals surface area contributed by atoms with Gasteiger partial charge in [0.1, 0.15) is 0 Å². The summed E-state index contributed by atoms with van der Waals surface area (Å²) in [6.07, 6.45) is 0. The minimum Gasteiger partial charge on any atom is -0.340 e. The van der Waals surface area contributed by atoms with Crippen LogP contribution in [-0.2, 0) is 0 Å². The number of rotatable bonds is 3. The largest absolute Gasteiger partial charge is 0.340 e. The maximum absolute atomic E-state index is 12.1. The predicted octanol–water partition coefficient (Wildman–Crippen LogP) is 1.33. The number of hydrogen-bond donors (Lipinski definition) is 0. The molecule has 0 saturated heterocycles. The van der Waals surface area contributed by atoms with E-state index in [4.69, 9.17) is 5.26 Å². The number of aryl methyl sites for hydroxylation is 2. The van der Waals surface area contributed by atoms with E-state index in [1.165, 1.54) is 4.90 Å². The highest BCUT2D eigenvalue weighted by molar-refractivity contribution is 5.95. The molecule has 0 aromatic carbocycles. The average Bonchev–Trinajstić information content (AvgIpc) is 2.31. The van der Waals surface area contributed by atoms with Crippen LogP contribution in [0.4, 0.5) is 0 Å². The van der Waals surface area contributed by atoms with Gasteiger partial charge in [0.2, 0.25) is 0 Å². The molecule has 17 heavy (non-hydrogen) atoms. The summed E-state index contributed by atoms with van der Waals surface area (Å²) in [5.41, 5.74) is 1.86. The van der Waals surface area contributed by atoms with Crippen molar-refractivity contribution in [3.8, 4) is 6.07 Å². The predicted molar refractivity (Wildman–Crippen MR) is 63.2 cm³/mol. The van der Waals surface area contributed by atoms with Crippen LogP contribution in [0.5, 0.6) is 0 Å². The van der Waals surface area contributed by atoms with Crippen molar-refractivity contribution in [3.05, 3.63) is 23.0 Å². The Hall–Kier alpha value is -1.96. The lowest BCUT2D eigenvalue weighted by Crippen LogP contribution is -2.31. The molecule has 1 aromatic heterocycles. The molecule has 1 heterocycles. The highest BCUT2D eigenvalue weighted by Gasteiger charge is 2.17. The zero-order valence-electron chi connectivity index (χ0n) is 10.6. The van der Waals surface area contributed by atoms with Crippen LogP contribution in [0.1, 0.15) is 28.7 Å². The molecule has 0 aliphatic carbocycles. The molecule has 0 spiro atoms. The second kappa shape index (κ2) is 5.39. The summed E-state index contributed by atoms with van der Waals surface area (Å²) < 4.78 is 0. The van der Waals surface area contributed by atoms with Crippen molar-refractivity contribution in [2.24, 2.45) is 5.92 Å². The van der Waals surface area contributed by atoms with Crippen molar-refractivity contribution in [2.45, 2.75) is 20.8 Å². The topological polar surface area (TPSA) is 69.9 Å². The second-order valence-electron chi connectivity index (χ2n) is 4.20. The van der Waals surface area contributed by atoms with Gasteiger partial charge in [-0.15, -0.1) is 0 Å². The Bertz CT molecular complexity index is 464. The first-order valence-corrected chi connectivity index (χ1v) is 5.41. The third-order valence-electron chi connectivity index (χ3n) is 2.45. The van der Waals surface area contributed by atoms with Crippen molar-refractivity contribution in [2.75, 3.05) is 13.6 Å². The molecule has 1 amide bonds. The fourth-order valence-corrected chi connectivity index (χ4v) is 1.51. The van der Waals surface area contributed by atoms with E-state index in [0.717, 1.165) is 0 Å². The van der Waals surface area contributed by atoms with Crippen LogP contribution in [0.15, 0.2) is 6.07 Å². The van der Waals surface area contributed by atoms with Crippen molar-refractivity contribution < 1.29 is 4.79 Å². The van der Waals surface area contributed by atoms with Gasteiger partial charge in [0.25, 0.3) is 5.91 Å². The number of amides is 1. The summed E-state index contributed by atoms with van der Waals surface area (Å²) in [6, 6.07) is 3.83. The Morgan fingerprint density at radius 3 is 2.76 bits per heavy atom. The molecule has 1 unspecified atom stereocenters. The Morgan fingerprint density at radius 1 is 1.53 bits per heavy atom. The lowest BCUT2D eigenvalue weighted by Gasteiger charge is -2.19. The smallest absolute Gasteiger partial charge is 0.255 e. The lowest BCUT2D eigenvalue weighted by molar-refractivity contribution is 0.0783. The maximum Gasteiger partial charge on any atom is 0.255 e. The highest BCUT2D eigenvalue weighted by atomic mass is 16.2. The summed E-state index contributed by atoms with van der Waals surface area (Å²) >= 11 is 0. The van der Waals surface area contributed by atoms with E-state index in [9.17, 15) is 4.79 Å². The standard InChI is InChI=1S/C12H16N4O/c1-8(6-13)7-16(4)12(17)11-5-9(2)14-15-10(11)3/h5,8H,7H2,1-4H3. The summed E-state index contributed by atoms with van der Waals surface area (Å²) in [4.78, 5) is 13.7. The van der Waals surface area contributed by atoms with Crippen LogP contribution in [0.3, 0.4) is 0 Å². The molecule has 0 N–H and O–H groups in total. The van der Waals surface area contributed by atoms with Crippen molar-refractivity contribution in [1.82, 2.24) is 15.1 Å². The minimum atomic E-state index is -0.180. The van der Waals surface area contributed by atoms with Gasteiger partial charge in [0, 0.05) is 13.6 Å². The summed E-state index contributed by atoms with van der Waals surface area (Å²) in [5, 5.41) is 16.5. The number of nitrogens with zero attached hydrogens (tertiary/aromatic N) is 4. The van der Waals surface area contributed by atoms with E-state index in [-0.39, 0.29) is 11.8 Å². The van der Waals surface area contributed by atoms with Crippen LogP contribution >= 0.6 is 0 Å². The van der Waals surface area contributed by atoms with Crippen molar-refractivity contribution in [3.63, 3.8) is 0 Å². The van der Waals surface area contributed by atoms with E-state index in [1.807, 2.05) is 0 Å². The molecular weight excluding hydrogens is 216 g/mol. The molecule has 0 radical (unpaired) electrons. The van der Waals surface area contributed by atoms with Gasteiger partial charge in [-0.2, -0.15) is 15.5 Å². The molecule has 1 aromatic rings. The number of aromatic nitrogens is 2. The number of carbonyl (C=O) groups is 1. The van der Waals surface area contributed by atoms with E-state index >= 15 is 0 Å². The van der Waals surface area contributed by atoms with Crippen molar-refractivity contribution >= 4 is 5.91 Å². The molecule has 0 aliphatic rings. The maximum atomic E-state index is 12.1. The Labute approximate surface area is 101 Å². The van der Waals surface area contributed by atoms with Crippen LogP contribution in [0.2, 0.25) is 0 Å². The molecule has 1 rings (SSSR count). The van der Waals surface area contributed by atoms with Crippen LogP contribution in [0.25, 0.3) is 0 Å². The van der Waals surface area contributed by atoms with Gasteiger partial charge in [-0.1, -0.05) is 0 Å². The molecule has 0 fully saturated rings. The van der Waals surface area contributed by atoms with Crippen LogP contribution < -0.4 is 0 Å². The Balaban J connectivity index is 2.89. The SMILES string of the molecule is Cc1cc(C(=O)N(C)CC(C)C#N)c(C)nn1. The fraction of sp³-hybridized carbons (Fsp3) is 0.500. The molecule has 5 nitrogen and oxygen atoms in total. The molecule has 1 atom stereocenters. The normalized spacial score (nSPS) is 11.7. The molecule has 5 heteroatoms. The van der Waals surface area contributed by atoms with Gasteiger partial charge in [0.05, 0.1) is 28.9 Å². The van der Waals surface area contributed by atoms with E-state index in [2.05, 4.69) is 16.3 Å². The third kappa shape index (κ3) is 3.25. The third-order valence-corrected chi connectivity index (χ3v) is 2.45. The number of hydrogen-bond acceptors (Lipinski definition) is 4. The van der Waals surface area contributed by atoms with Gasteiger partial charge >= 0.3 is 0 Å². The summed E-state index contributed by atoms with van der Waals surface area (Å²) in [7, 11) is 1.69. The van der Waals surface area contributed by atoms with Gasteiger partial charge in [-0.05, 0) is 26.8 Å². The van der Waals surface area contributed by atoms with E-state index in [0.29, 0.717) is 23.5 Å². The molecule has 0 bridgehead atoms. The molecular formula is C12H16N4O. The number of carbonyl (C=O) groups excluding carboxylic acids is 1. The lowest BCUT2D eigenvalue weighted by atomic mass is 10.1.